The highest BCUT2D eigenvalue weighted by molar-refractivity contribution is 5.82. The molecule has 0 aromatic heterocycles. The lowest BCUT2D eigenvalue weighted by atomic mass is 9.94. The highest BCUT2D eigenvalue weighted by Gasteiger charge is 2.42. The second-order valence-electron chi connectivity index (χ2n) is 4.27. The van der Waals surface area contributed by atoms with E-state index in [2.05, 4.69) is 17.2 Å². The van der Waals surface area contributed by atoms with Crippen LogP contribution in [-0.4, -0.2) is 25.0 Å². The van der Waals surface area contributed by atoms with Crippen molar-refractivity contribution in [3.8, 4) is 0 Å². The van der Waals surface area contributed by atoms with Crippen molar-refractivity contribution in [3.63, 3.8) is 0 Å². The predicted octanol–water partition coefficient (Wildman–Crippen LogP) is 0.677. The normalized spacial score (nSPS) is 35.3. The fraction of sp³-hybridized carbons (Fsp3) is 0.727. The van der Waals surface area contributed by atoms with Gasteiger partial charge in [-0.3, -0.25) is 4.79 Å². The number of rotatable bonds is 3. The Balaban J connectivity index is 1.91. The van der Waals surface area contributed by atoms with Crippen LogP contribution in [0.5, 0.6) is 0 Å². The van der Waals surface area contributed by atoms with Crippen molar-refractivity contribution in [1.82, 2.24) is 10.6 Å². The smallest absolute Gasteiger partial charge is 0.237 e. The van der Waals surface area contributed by atoms with Gasteiger partial charge in [0.15, 0.2) is 0 Å². The van der Waals surface area contributed by atoms with Gasteiger partial charge in [-0.2, -0.15) is 0 Å². The monoisotopic (exact) mass is 194 g/mol. The quantitative estimate of drug-likeness (QED) is 0.649. The van der Waals surface area contributed by atoms with E-state index in [9.17, 15) is 4.79 Å². The van der Waals surface area contributed by atoms with Crippen molar-refractivity contribution < 1.29 is 4.79 Å². The van der Waals surface area contributed by atoms with Gasteiger partial charge in [0.05, 0.1) is 6.04 Å². The predicted molar refractivity (Wildman–Crippen MR) is 55.8 cm³/mol. The molecule has 2 N–H and O–H groups in total. The average Bonchev–Trinajstić information content (AvgIpc) is 2.74. The third-order valence-corrected chi connectivity index (χ3v) is 3.45. The van der Waals surface area contributed by atoms with Gasteiger partial charge in [-0.1, -0.05) is 12.5 Å². The molecular formula is C11H18N2O. The summed E-state index contributed by atoms with van der Waals surface area (Å²) < 4.78 is 0. The number of hydrogen-bond donors (Lipinski definition) is 2. The zero-order chi connectivity index (χ0) is 9.97. The van der Waals surface area contributed by atoms with E-state index in [1.54, 1.807) is 6.08 Å². The molecule has 2 fully saturated rings. The van der Waals surface area contributed by atoms with Gasteiger partial charge in [-0.05, 0) is 31.2 Å². The van der Waals surface area contributed by atoms with Gasteiger partial charge in [-0.25, -0.2) is 0 Å². The largest absolute Gasteiger partial charge is 0.351 e. The summed E-state index contributed by atoms with van der Waals surface area (Å²) in [4.78, 5) is 11.7. The van der Waals surface area contributed by atoms with Crippen LogP contribution in [0.25, 0.3) is 0 Å². The third kappa shape index (κ3) is 1.69. The van der Waals surface area contributed by atoms with Gasteiger partial charge >= 0.3 is 0 Å². The van der Waals surface area contributed by atoms with E-state index in [0.717, 1.165) is 12.5 Å². The maximum Gasteiger partial charge on any atom is 0.237 e. The number of carbonyl (C=O) groups excluding carboxylic acids is 1. The van der Waals surface area contributed by atoms with Crippen LogP contribution in [0.2, 0.25) is 0 Å². The molecule has 3 heteroatoms. The molecule has 14 heavy (non-hydrogen) atoms. The molecule has 3 unspecified atom stereocenters. The first-order chi connectivity index (χ1) is 6.83. The number of hydrogen-bond acceptors (Lipinski definition) is 2. The topological polar surface area (TPSA) is 41.1 Å². The van der Waals surface area contributed by atoms with Crippen molar-refractivity contribution in [3.05, 3.63) is 12.7 Å². The molecule has 1 saturated carbocycles. The number of carbonyl (C=O) groups is 1. The van der Waals surface area contributed by atoms with Crippen LogP contribution < -0.4 is 10.6 Å². The number of amides is 1. The fourth-order valence-corrected chi connectivity index (χ4v) is 2.76. The van der Waals surface area contributed by atoms with Crippen LogP contribution in [0.4, 0.5) is 0 Å². The Morgan fingerprint density at radius 3 is 3.21 bits per heavy atom. The molecule has 3 atom stereocenters. The molecular weight excluding hydrogens is 176 g/mol. The van der Waals surface area contributed by atoms with Crippen molar-refractivity contribution in [2.24, 2.45) is 11.8 Å². The van der Waals surface area contributed by atoms with Crippen molar-refractivity contribution in [2.75, 3.05) is 13.1 Å². The van der Waals surface area contributed by atoms with E-state index in [-0.39, 0.29) is 11.9 Å². The second-order valence-corrected chi connectivity index (χ2v) is 4.27. The zero-order valence-electron chi connectivity index (χ0n) is 8.46. The summed E-state index contributed by atoms with van der Waals surface area (Å²) in [6, 6.07) is 0.0578. The van der Waals surface area contributed by atoms with Crippen LogP contribution >= 0.6 is 0 Å². The maximum absolute atomic E-state index is 11.7. The first kappa shape index (κ1) is 9.71. The Morgan fingerprint density at radius 1 is 1.57 bits per heavy atom. The molecule has 1 aliphatic carbocycles. The Hall–Kier alpha value is -0.830. The van der Waals surface area contributed by atoms with Crippen LogP contribution in [-0.2, 0) is 4.79 Å². The van der Waals surface area contributed by atoms with Gasteiger partial charge in [0.1, 0.15) is 0 Å². The molecule has 1 heterocycles. The SMILES string of the molecule is C=CCNC(=O)C1NCC2CCCC21. The van der Waals surface area contributed by atoms with Gasteiger partial charge < -0.3 is 10.6 Å². The van der Waals surface area contributed by atoms with Gasteiger partial charge in [0, 0.05) is 6.54 Å². The standard InChI is InChI=1S/C11H18N2O/c1-2-6-12-11(14)10-9-5-3-4-8(9)7-13-10/h2,8-10,13H,1,3-7H2,(H,12,14). The summed E-state index contributed by atoms with van der Waals surface area (Å²) >= 11 is 0. The third-order valence-electron chi connectivity index (χ3n) is 3.45. The second kappa shape index (κ2) is 4.13. The molecule has 2 rings (SSSR count). The van der Waals surface area contributed by atoms with Crippen molar-refractivity contribution in [2.45, 2.75) is 25.3 Å². The Labute approximate surface area is 84.9 Å². The molecule has 1 saturated heterocycles. The van der Waals surface area contributed by atoms with Crippen molar-refractivity contribution in [1.29, 1.82) is 0 Å². The zero-order valence-corrected chi connectivity index (χ0v) is 8.46. The molecule has 78 valence electrons. The summed E-state index contributed by atoms with van der Waals surface area (Å²) in [5, 5.41) is 6.19. The van der Waals surface area contributed by atoms with E-state index in [1.807, 2.05) is 0 Å². The van der Waals surface area contributed by atoms with E-state index in [0.29, 0.717) is 12.5 Å². The first-order valence-corrected chi connectivity index (χ1v) is 5.45. The minimum atomic E-state index is 0.0578. The minimum Gasteiger partial charge on any atom is -0.351 e. The fourth-order valence-electron chi connectivity index (χ4n) is 2.76. The van der Waals surface area contributed by atoms with Gasteiger partial charge in [0.2, 0.25) is 5.91 Å². The van der Waals surface area contributed by atoms with E-state index < -0.39 is 0 Å². The molecule has 0 aromatic carbocycles. The van der Waals surface area contributed by atoms with Gasteiger partial charge in [0.25, 0.3) is 0 Å². The molecule has 3 nitrogen and oxygen atoms in total. The summed E-state index contributed by atoms with van der Waals surface area (Å²) in [5.41, 5.74) is 0. The van der Waals surface area contributed by atoms with Crippen LogP contribution in [0.1, 0.15) is 19.3 Å². The Bertz CT molecular complexity index is 239. The van der Waals surface area contributed by atoms with E-state index >= 15 is 0 Å². The van der Waals surface area contributed by atoms with Crippen LogP contribution in [0.3, 0.4) is 0 Å². The number of nitrogens with one attached hydrogen (secondary N) is 2. The maximum atomic E-state index is 11.7. The first-order valence-electron chi connectivity index (χ1n) is 5.45. The molecule has 0 spiro atoms. The van der Waals surface area contributed by atoms with E-state index in [1.165, 1.54) is 19.3 Å². The lowest BCUT2D eigenvalue weighted by Crippen LogP contribution is -2.43. The highest BCUT2D eigenvalue weighted by atomic mass is 16.2. The van der Waals surface area contributed by atoms with Crippen LogP contribution in [0, 0.1) is 11.8 Å². The number of fused-ring (bicyclic) bond motifs is 1. The molecule has 0 bridgehead atoms. The average molecular weight is 194 g/mol. The molecule has 0 radical (unpaired) electrons. The summed E-state index contributed by atoms with van der Waals surface area (Å²) in [6.07, 6.45) is 5.52. The molecule has 0 aromatic rings. The van der Waals surface area contributed by atoms with Gasteiger partial charge in [-0.15, -0.1) is 6.58 Å². The summed E-state index contributed by atoms with van der Waals surface area (Å²) in [6.45, 7) is 5.19. The molecule has 2 aliphatic rings. The van der Waals surface area contributed by atoms with Crippen LogP contribution in [0.15, 0.2) is 12.7 Å². The van der Waals surface area contributed by atoms with E-state index in [4.69, 9.17) is 0 Å². The summed E-state index contributed by atoms with van der Waals surface area (Å²) in [5.74, 6) is 1.48. The lowest BCUT2D eigenvalue weighted by molar-refractivity contribution is -0.123. The summed E-state index contributed by atoms with van der Waals surface area (Å²) in [7, 11) is 0. The molecule has 1 amide bonds. The highest BCUT2D eigenvalue weighted by Crippen LogP contribution is 2.37. The molecule has 1 aliphatic heterocycles. The van der Waals surface area contributed by atoms with Crippen molar-refractivity contribution >= 4 is 5.91 Å². The minimum absolute atomic E-state index is 0.0578. The Morgan fingerprint density at radius 2 is 2.43 bits per heavy atom. The Kier molecular flexibility index (Phi) is 2.87. The lowest BCUT2D eigenvalue weighted by Gasteiger charge is -2.16.